The lowest BCUT2D eigenvalue weighted by Gasteiger charge is -2.10. The van der Waals surface area contributed by atoms with Crippen LogP contribution in [0.2, 0.25) is 5.15 Å². The maximum Gasteiger partial charge on any atom is 0.137 e. The maximum absolute atomic E-state index is 6.18. The smallest absolute Gasteiger partial charge is 0.137 e. The van der Waals surface area contributed by atoms with Crippen molar-refractivity contribution in [1.82, 2.24) is 9.97 Å². The number of thiophene rings is 1. The number of rotatable bonds is 5. The highest BCUT2D eigenvalue weighted by Crippen LogP contribution is 2.39. The summed E-state index contributed by atoms with van der Waals surface area (Å²) in [6.07, 6.45) is 3.38. The Balaban J connectivity index is 1.69. The molecule has 0 saturated heterocycles. The van der Waals surface area contributed by atoms with Crippen LogP contribution < -0.4 is 5.32 Å². The van der Waals surface area contributed by atoms with E-state index in [0.717, 1.165) is 30.2 Å². The Labute approximate surface area is 122 Å². The first-order valence-corrected chi connectivity index (χ1v) is 7.85. The predicted molar refractivity (Wildman–Crippen MR) is 80.3 cm³/mol. The Morgan fingerprint density at radius 3 is 2.95 bits per heavy atom. The van der Waals surface area contributed by atoms with Crippen LogP contribution in [0, 0.1) is 6.92 Å². The van der Waals surface area contributed by atoms with Crippen LogP contribution in [-0.4, -0.2) is 16.5 Å². The number of nitrogens with one attached hydrogen (secondary N) is 1. The van der Waals surface area contributed by atoms with Crippen LogP contribution in [0.4, 0.5) is 5.82 Å². The highest BCUT2D eigenvalue weighted by Gasteiger charge is 2.27. The summed E-state index contributed by atoms with van der Waals surface area (Å²) in [5, 5.41) is 8.25. The van der Waals surface area contributed by atoms with Gasteiger partial charge in [-0.05, 0) is 48.6 Å². The predicted octanol–water partition coefficient (Wildman–Crippen LogP) is 4.03. The fourth-order valence-electron chi connectivity index (χ4n) is 1.96. The Kier molecular flexibility index (Phi) is 3.71. The lowest BCUT2D eigenvalue weighted by atomic mass is 10.2. The maximum atomic E-state index is 6.18. The van der Waals surface area contributed by atoms with E-state index in [2.05, 4.69) is 32.1 Å². The highest BCUT2D eigenvalue weighted by molar-refractivity contribution is 7.07. The molecule has 2 aromatic heterocycles. The second-order valence-electron chi connectivity index (χ2n) is 4.93. The van der Waals surface area contributed by atoms with Crippen LogP contribution in [0.5, 0.6) is 0 Å². The zero-order valence-electron chi connectivity index (χ0n) is 10.8. The van der Waals surface area contributed by atoms with Crippen molar-refractivity contribution in [2.45, 2.75) is 32.1 Å². The molecule has 1 fully saturated rings. The molecular weight excluding hydrogens is 278 g/mol. The number of halogens is 1. The Morgan fingerprint density at radius 2 is 2.26 bits per heavy atom. The van der Waals surface area contributed by atoms with Crippen LogP contribution in [-0.2, 0) is 6.42 Å². The van der Waals surface area contributed by atoms with Gasteiger partial charge < -0.3 is 5.32 Å². The molecule has 3 rings (SSSR count). The molecule has 19 heavy (non-hydrogen) atoms. The van der Waals surface area contributed by atoms with Crippen molar-refractivity contribution in [2.75, 3.05) is 11.9 Å². The first-order chi connectivity index (χ1) is 9.24. The van der Waals surface area contributed by atoms with Crippen molar-refractivity contribution in [3.8, 4) is 0 Å². The van der Waals surface area contributed by atoms with E-state index in [0.29, 0.717) is 11.1 Å². The fraction of sp³-hybridized carbons (Fsp3) is 0.429. The van der Waals surface area contributed by atoms with Gasteiger partial charge in [0.1, 0.15) is 16.8 Å². The molecule has 2 heterocycles. The van der Waals surface area contributed by atoms with Crippen LogP contribution in [0.3, 0.4) is 0 Å². The zero-order valence-corrected chi connectivity index (χ0v) is 12.4. The van der Waals surface area contributed by atoms with E-state index in [4.69, 9.17) is 11.6 Å². The average molecular weight is 294 g/mol. The standard InChI is InChI=1S/C14H16ClN3S/c1-9-12(15)17-14(11-2-3-11)18-13(9)16-6-4-10-5-7-19-8-10/h5,7-8,11H,2-4,6H2,1H3,(H,16,17,18). The summed E-state index contributed by atoms with van der Waals surface area (Å²) in [6.45, 7) is 2.83. The van der Waals surface area contributed by atoms with Crippen LogP contribution in [0.15, 0.2) is 16.8 Å². The molecule has 0 bridgehead atoms. The molecule has 0 atom stereocenters. The van der Waals surface area contributed by atoms with Crippen LogP contribution in [0.1, 0.15) is 35.7 Å². The van der Waals surface area contributed by atoms with Crippen molar-refractivity contribution >= 4 is 28.8 Å². The van der Waals surface area contributed by atoms with E-state index in [1.54, 1.807) is 11.3 Å². The molecule has 1 aliphatic rings. The average Bonchev–Trinajstić information content (AvgIpc) is 3.12. The molecule has 0 aliphatic heterocycles. The Hall–Kier alpha value is -1.13. The first-order valence-electron chi connectivity index (χ1n) is 6.53. The summed E-state index contributed by atoms with van der Waals surface area (Å²) in [6, 6.07) is 2.15. The lowest BCUT2D eigenvalue weighted by Crippen LogP contribution is -2.09. The number of nitrogens with zero attached hydrogens (tertiary/aromatic N) is 2. The second-order valence-corrected chi connectivity index (χ2v) is 6.07. The summed E-state index contributed by atoms with van der Waals surface area (Å²) in [7, 11) is 0. The molecule has 1 saturated carbocycles. The van der Waals surface area contributed by atoms with E-state index in [1.165, 1.54) is 18.4 Å². The Morgan fingerprint density at radius 1 is 1.42 bits per heavy atom. The molecule has 0 radical (unpaired) electrons. The van der Waals surface area contributed by atoms with Gasteiger partial charge in [0.15, 0.2) is 0 Å². The van der Waals surface area contributed by atoms with Crippen molar-refractivity contribution in [3.05, 3.63) is 38.9 Å². The van der Waals surface area contributed by atoms with Crippen molar-refractivity contribution < 1.29 is 0 Å². The molecule has 2 aromatic rings. The van der Waals surface area contributed by atoms with E-state index >= 15 is 0 Å². The second kappa shape index (κ2) is 5.47. The van der Waals surface area contributed by atoms with Crippen molar-refractivity contribution in [1.29, 1.82) is 0 Å². The van der Waals surface area contributed by atoms with Crippen molar-refractivity contribution in [2.24, 2.45) is 0 Å². The van der Waals surface area contributed by atoms with Gasteiger partial charge in [0.25, 0.3) is 0 Å². The minimum absolute atomic E-state index is 0.524. The number of hydrogen-bond donors (Lipinski definition) is 1. The molecule has 1 N–H and O–H groups in total. The third kappa shape index (κ3) is 3.07. The lowest BCUT2D eigenvalue weighted by molar-refractivity contribution is 0.906. The van der Waals surface area contributed by atoms with Gasteiger partial charge >= 0.3 is 0 Å². The molecule has 1 aliphatic carbocycles. The summed E-state index contributed by atoms with van der Waals surface area (Å²) >= 11 is 7.91. The van der Waals surface area contributed by atoms with Gasteiger partial charge in [0.2, 0.25) is 0 Å². The minimum atomic E-state index is 0.524. The monoisotopic (exact) mass is 293 g/mol. The summed E-state index contributed by atoms with van der Waals surface area (Å²) in [5.41, 5.74) is 2.30. The topological polar surface area (TPSA) is 37.8 Å². The minimum Gasteiger partial charge on any atom is -0.369 e. The normalized spacial score (nSPS) is 14.6. The molecule has 0 spiro atoms. The largest absolute Gasteiger partial charge is 0.369 e. The highest BCUT2D eigenvalue weighted by atomic mass is 35.5. The summed E-state index contributed by atoms with van der Waals surface area (Å²) < 4.78 is 0. The van der Waals surface area contributed by atoms with Crippen LogP contribution in [0.25, 0.3) is 0 Å². The van der Waals surface area contributed by atoms with Gasteiger partial charge in [-0.2, -0.15) is 11.3 Å². The van der Waals surface area contributed by atoms with Gasteiger partial charge in [-0.3, -0.25) is 0 Å². The van der Waals surface area contributed by atoms with Gasteiger partial charge in [-0.15, -0.1) is 0 Å². The third-order valence-electron chi connectivity index (χ3n) is 3.33. The van der Waals surface area contributed by atoms with E-state index in [-0.39, 0.29) is 0 Å². The molecule has 5 heteroatoms. The number of anilines is 1. The Bertz CT molecular complexity index is 564. The van der Waals surface area contributed by atoms with E-state index < -0.39 is 0 Å². The van der Waals surface area contributed by atoms with E-state index in [1.807, 2.05) is 6.92 Å². The van der Waals surface area contributed by atoms with Gasteiger partial charge in [-0.25, -0.2) is 9.97 Å². The summed E-state index contributed by atoms with van der Waals surface area (Å²) in [5.74, 6) is 2.31. The molecule has 3 nitrogen and oxygen atoms in total. The molecule has 0 unspecified atom stereocenters. The SMILES string of the molecule is Cc1c(Cl)nc(C2CC2)nc1NCCc1ccsc1. The van der Waals surface area contributed by atoms with Gasteiger partial charge in [0, 0.05) is 18.0 Å². The third-order valence-corrected chi connectivity index (χ3v) is 4.43. The zero-order chi connectivity index (χ0) is 13.2. The van der Waals surface area contributed by atoms with Crippen molar-refractivity contribution in [3.63, 3.8) is 0 Å². The molecule has 0 amide bonds. The number of hydrogen-bond acceptors (Lipinski definition) is 4. The first kappa shape index (κ1) is 12.9. The van der Waals surface area contributed by atoms with E-state index in [9.17, 15) is 0 Å². The molecule has 100 valence electrons. The van der Waals surface area contributed by atoms with Crippen LogP contribution >= 0.6 is 22.9 Å². The van der Waals surface area contributed by atoms with Gasteiger partial charge in [-0.1, -0.05) is 11.6 Å². The number of aromatic nitrogens is 2. The fourth-order valence-corrected chi connectivity index (χ4v) is 2.84. The van der Waals surface area contributed by atoms with Gasteiger partial charge in [0.05, 0.1) is 0 Å². The molecule has 0 aromatic carbocycles. The summed E-state index contributed by atoms with van der Waals surface area (Å²) in [4.78, 5) is 8.98. The molecular formula is C14H16ClN3S. The quantitative estimate of drug-likeness (QED) is 0.846.